The molecule has 12 heteroatoms. The van der Waals surface area contributed by atoms with Gasteiger partial charge in [0.2, 0.25) is 12.4 Å². The lowest BCUT2D eigenvalue weighted by Gasteiger charge is -2.44. The summed E-state index contributed by atoms with van der Waals surface area (Å²) >= 11 is 0. The van der Waals surface area contributed by atoms with E-state index in [2.05, 4.69) is 0 Å². The van der Waals surface area contributed by atoms with Gasteiger partial charge in [-0.25, -0.2) is 24.0 Å². The third kappa shape index (κ3) is 9.92. The third-order valence-corrected chi connectivity index (χ3v) is 9.46. The molecule has 302 valence electrons. The SMILES string of the molecule is COC(=O)c1cccc(-c2ccc(O[C@H]3O[C@H](COC(=O)c4ccccc4)[C@@H](OC(=O)c4ccccc4)[C@H](OC(=O)c4ccccc4)[C@H]3OC(=O)c3ccccc3)cc2)c1. The van der Waals surface area contributed by atoms with Crippen molar-refractivity contribution >= 4 is 29.8 Å². The van der Waals surface area contributed by atoms with E-state index in [9.17, 15) is 24.0 Å². The number of hydrogen-bond donors (Lipinski definition) is 0. The fraction of sp³-hybridized carbons (Fsp3) is 0.146. The molecule has 1 fully saturated rings. The number of esters is 5. The Kier molecular flexibility index (Phi) is 13.0. The van der Waals surface area contributed by atoms with Gasteiger partial charge in [0.15, 0.2) is 12.2 Å². The smallest absolute Gasteiger partial charge is 0.338 e. The summed E-state index contributed by atoms with van der Waals surface area (Å²) in [5, 5.41) is 0. The van der Waals surface area contributed by atoms with Gasteiger partial charge < -0.3 is 33.2 Å². The van der Waals surface area contributed by atoms with Gasteiger partial charge in [0, 0.05) is 0 Å². The molecule has 0 radical (unpaired) electrons. The molecule has 7 rings (SSSR count). The molecule has 12 nitrogen and oxygen atoms in total. The molecule has 1 aliphatic heterocycles. The van der Waals surface area contributed by atoms with E-state index in [1.807, 2.05) is 6.07 Å². The Morgan fingerprint density at radius 2 is 0.900 bits per heavy atom. The third-order valence-electron chi connectivity index (χ3n) is 9.46. The zero-order valence-electron chi connectivity index (χ0n) is 32.2. The van der Waals surface area contributed by atoms with Crippen LogP contribution in [0.1, 0.15) is 51.8 Å². The minimum atomic E-state index is -1.59. The standard InChI is InChI=1S/C48H38O12/c1-54-43(49)37-24-14-23-36(29-37)31-25-27-38(28-26-31)56-48-42(60-47(53)35-21-12-5-13-22-35)41(59-46(52)34-19-10-4-11-20-34)40(58-45(51)33-17-8-3-9-18-33)39(57-48)30-55-44(50)32-15-6-2-7-16-32/h2-29,39-42,48H,30H2,1H3/t39-,40-,41+,42-,48+/m1/s1. The van der Waals surface area contributed by atoms with Gasteiger partial charge in [-0.1, -0.05) is 97.1 Å². The van der Waals surface area contributed by atoms with Crippen molar-refractivity contribution in [3.63, 3.8) is 0 Å². The highest BCUT2D eigenvalue weighted by molar-refractivity contribution is 5.92. The maximum Gasteiger partial charge on any atom is 0.338 e. The van der Waals surface area contributed by atoms with Gasteiger partial charge >= 0.3 is 29.8 Å². The number of carbonyl (C=O) groups excluding carboxylic acids is 5. The van der Waals surface area contributed by atoms with Crippen LogP contribution in [0.15, 0.2) is 170 Å². The maximum atomic E-state index is 13.9. The molecule has 0 unspecified atom stereocenters. The molecule has 0 aliphatic carbocycles. The van der Waals surface area contributed by atoms with E-state index in [1.54, 1.807) is 140 Å². The van der Waals surface area contributed by atoms with Crippen LogP contribution < -0.4 is 4.74 Å². The Morgan fingerprint density at radius 3 is 1.40 bits per heavy atom. The molecule has 1 aliphatic rings. The Balaban J connectivity index is 1.28. The summed E-state index contributed by atoms with van der Waals surface area (Å²) in [7, 11) is 1.30. The van der Waals surface area contributed by atoms with Crippen LogP contribution in [0.3, 0.4) is 0 Å². The first kappa shape index (κ1) is 40.6. The van der Waals surface area contributed by atoms with Crippen LogP contribution in [-0.2, 0) is 28.4 Å². The van der Waals surface area contributed by atoms with Crippen molar-refractivity contribution in [1.29, 1.82) is 0 Å². The number of ether oxygens (including phenoxy) is 7. The van der Waals surface area contributed by atoms with Gasteiger partial charge in [-0.3, -0.25) is 0 Å². The van der Waals surface area contributed by atoms with Crippen LogP contribution in [-0.4, -0.2) is 74.3 Å². The molecule has 60 heavy (non-hydrogen) atoms. The average Bonchev–Trinajstić information content (AvgIpc) is 3.31. The zero-order valence-corrected chi connectivity index (χ0v) is 32.2. The fourth-order valence-corrected chi connectivity index (χ4v) is 6.43. The number of rotatable bonds is 13. The Hall–Kier alpha value is -7.57. The lowest BCUT2D eigenvalue weighted by molar-refractivity contribution is -0.275. The number of carbonyl (C=O) groups is 5. The predicted octanol–water partition coefficient (Wildman–Crippen LogP) is 7.78. The summed E-state index contributed by atoms with van der Waals surface area (Å²) in [5.41, 5.74) is 2.56. The highest BCUT2D eigenvalue weighted by Crippen LogP contribution is 2.33. The second kappa shape index (κ2) is 19.2. The summed E-state index contributed by atoms with van der Waals surface area (Å²) in [4.78, 5) is 67.0. The molecular weight excluding hydrogens is 769 g/mol. The monoisotopic (exact) mass is 806 g/mol. The van der Waals surface area contributed by atoms with Crippen molar-refractivity contribution in [1.82, 2.24) is 0 Å². The number of hydrogen-bond acceptors (Lipinski definition) is 12. The zero-order chi connectivity index (χ0) is 41.8. The van der Waals surface area contributed by atoms with Crippen LogP contribution in [0, 0.1) is 0 Å². The van der Waals surface area contributed by atoms with E-state index in [0.717, 1.165) is 11.1 Å². The quantitative estimate of drug-likeness (QED) is 0.0829. The summed E-state index contributed by atoms with van der Waals surface area (Å²) in [6.45, 7) is -0.505. The molecule has 0 bridgehead atoms. The first-order chi connectivity index (χ1) is 29.3. The van der Waals surface area contributed by atoms with Gasteiger partial charge in [0.1, 0.15) is 18.5 Å². The molecule has 0 N–H and O–H groups in total. The van der Waals surface area contributed by atoms with Gasteiger partial charge in [0.05, 0.1) is 34.9 Å². The Labute approximate surface area is 345 Å². The molecule has 6 aromatic rings. The second-order valence-electron chi connectivity index (χ2n) is 13.4. The first-order valence-electron chi connectivity index (χ1n) is 18.9. The predicted molar refractivity (Wildman–Crippen MR) is 216 cm³/mol. The summed E-state index contributed by atoms with van der Waals surface area (Å²) < 4.78 is 41.8. The molecule has 5 atom stereocenters. The van der Waals surface area contributed by atoms with Crippen molar-refractivity contribution in [2.75, 3.05) is 13.7 Å². The van der Waals surface area contributed by atoms with Gasteiger partial charge in [-0.2, -0.15) is 0 Å². The Morgan fingerprint density at radius 1 is 0.450 bits per heavy atom. The Bertz CT molecular complexity index is 2410. The van der Waals surface area contributed by atoms with Crippen molar-refractivity contribution in [3.8, 4) is 16.9 Å². The van der Waals surface area contributed by atoms with E-state index >= 15 is 0 Å². The van der Waals surface area contributed by atoms with Crippen LogP contribution in [0.5, 0.6) is 5.75 Å². The first-order valence-corrected chi connectivity index (χ1v) is 18.9. The molecule has 0 saturated carbocycles. The molecule has 1 saturated heterocycles. The van der Waals surface area contributed by atoms with Crippen LogP contribution in [0.25, 0.3) is 11.1 Å². The summed E-state index contributed by atoms with van der Waals surface area (Å²) in [6, 6.07) is 46.2. The van der Waals surface area contributed by atoms with Crippen molar-refractivity contribution < 1.29 is 57.1 Å². The molecular formula is C48H38O12. The lowest BCUT2D eigenvalue weighted by Crippen LogP contribution is -2.63. The van der Waals surface area contributed by atoms with Crippen molar-refractivity contribution in [2.24, 2.45) is 0 Å². The molecule has 0 spiro atoms. The average molecular weight is 807 g/mol. The van der Waals surface area contributed by atoms with E-state index < -0.39 is 67.2 Å². The van der Waals surface area contributed by atoms with Crippen LogP contribution >= 0.6 is 0 Å². The minimum absolute atomic E-state index is 0.154. The van der Waals surface area contributed by atoms with Gasteiger partial charge in [-0.15, -0.1) is 0 Å². The highest BCUT2D eigenvalue weighted by atomic mass is 16.7. The minimum Gasteiger partial charge on any atom is -0.465 e. The van der Waals surface area contributed by atoms with E-state index in [4.69, 9.17) is 33.2 Å². The van der Waals surface area contributed by atoms with E-state index in [-0.39, 0.29) is 28.0 Å². The number of methoxy groups -OCH3 is 1. The molecule has 1 heterocycles. The summed E-state index contributed by atoms with van der Waals surface area (Å²) in [5.74, 6) is -3.42. The van der Waals surface area contributed by atoms with Gasteiger partial charge in [0.25, 0.3) is 0 Å². The molecule has 0 amide bonds. The summed E-state index contributed by atoms with van der Waals surface area (Å²) in [6.07, 6.45) is -7.55. The highest BCUT2D eigenvalue weighted by Gasteiger charge is 2.54. The topological polar surface area (TPSA) is 150 Å². The normalized spacial score (nSPS) is 18.2. The van der Waals surface area contributed by atoms with Crippen LogP contribution in [0.4, 0.5) is 0 Å². The molecule has 6 aromatic carbocycles. The van der Waals surface area contributed by atoms with E-state index in [1.165, 1.54) is 31.4 Å². The number of benzene rings is 6. The van der Waals surface area contributed by atoms with Crippen molar-refractivity contribution in [2.45, 2.75) is 30.7 Å². The molecule has 0 aromatic heterocycles. The largest absolute Gasteiger partial charge is 0.465 e. The second-order valence-corrected chi connectivity index (χ2v) is 13.4. The van der Waals surface area contributed by atoms with E-state index in [0.29, 0.717) is 5.56 Å². The fourth-order valence-electron chi connectivity index (χ4n) is 6.43. The van der Waals surface area contributed by atoms with Gasteiger partial charge in [-0.05, 0) is 83.9 Å². The van der Waals surface area contributed by atoms with Crippen LogP contribution in [0.2, 0.25) is 0 Å². The maximum absolute atomic E-state index is 13.9. The lowest BCUT2D eigenvalue weighted by atomic mass is 9.97. The van der Waals surface area contributed by atoms with Crippen molar-refractivity contribution in [3.05, 3.63) is 198 Å².